The van der Waals surface area contributed by atoms with Crippen molar-refractivity contribution in [2.45, 2.75) is 6.92 Å². The first-order valence-electron chi connectivity index (χ1n) is 7.91. The summed E-state index contributed by atoms with van der Waals surface area (Å²) in [6.45, 7) is 7.38. The molecule has 0 unspecified atom stereocenters. The van der Waals surface area contributed by atoms with Crippen molar-refractivity contribution in [1.29, 1.82) is 0 Å². The van der Waals surface area contributed by atoms with E-state index < -0.39 is 0 Å². The highest BCUT2D eigenvalue weighted by Gasteiger charge is 2.22. The third kappa shape index (κ3) is 2.95. The lowest BCUT2D eigenvalue weighted by atomic mass is 10.1. The minimum atomic E-state index is 0.0862. The Morgan fingerprint density at radius 2 is 2.17 bits per heavy atom. The maximum absolute atomic E-state index is 11.9. The topological polar surface area (TPSA) is 64.6 Å². The first-order chi connectivity index (χ1) is 11.6. The van der Waals surface area contributed by atoms with Gasteiger partial charge < -0.3 is 9.80 Å². The summed E-state index contributed by atoms with van der Waals surface area (Å²) >= 11 is 0. The second kappa shape index (κ2) is 6.70. The summed E-state index contributed by atoms with van der Waals surface area (Å²) in [5.74, 6) is 0.777. The smallest absolute Gasteiger partial charge is 0.241 e. The Balaban J connectivity index is 1.94. The highest BCUT2D eigenvalue weighted by atomic mass is 16.2. The third-order valence-electron chi connectivity index (χ3n) is 4.28. The first-order valence-corrected chi connectivity index (χ1v) is 7.91. The van der Waals surface area contributed by atoms with Crippen LogP contribution in [0.2, 0.25) is 0 Å². The Labute approximate surface area is 141 Å². The van der Waals surface area contributed by atoms with Gasteiger partial charge in [-0.3, -0.25) is 9.89 Å². The highest BCUT2D eigenvalue weighted by Crippen LogP contribution is 2.25. The molecule has 1 aromatic heterocycles. The molecule has 0 bridgehead atoms. The van der Waals surface area contributed by atoms with E-state index >= 15 is 0 Å². The van der Waals surface area contributed by atoms with Gasteiger partial charge in [0.15, 0.2) is 0 Å². The van der Waals surface area contributed by atoms with Crippen molar-refractivity contribution >= 4 is 29.1 Å². The Morgan fingerprint density at radius 1 is 1.38 bits per heavy atom. The Hall–Kier alpha value is -2.89. The van der Waals surface area contributed by atoms with E-state index in [1.54, 1.807) is 4.90 Å². The first kappa shape index (κ1) is 16.0. The molecule has 1 aromatic carbocycles. The second-order valence-corrected chi connectivity index (χ2v) is 5.76. The monoisotopic (exact) mass is 323 g/mol. The molecule has 1 amide bonds. The number of rotatable bonds is 4. The number of aromatic amines is 1. The number of nitrogens with zero attached hydrogens (tertiary/aromatic N) is 4. The van der Waals surface area contributed by atoms with Crippen LogP contribution in [0.3, 0.4) is 0 Å². The summed E-state index contributed by atoms with van der Waals surface area (Å²) < 4.78 is 0. The Kier molecular flexibility index (Phi) is 4.46. The van der Waals surface area contributed by atoms with Crippen LogP contribution < -0.4 is 0 Å². The van der Waals surface area contributed by atoms with Gasteiger partial charge in [0.05, 0.1) is 17.8 Å². The number of fused-ring (bicyclic) bond motifs is 1. The van der Waals surface area contributed by atoms with Crippen LogP contribution in [0.5, 0.6) is 0 Å². The molecule has 2 aromatic rings. The third-order valence-corrected chi connectivity index (χ3v) is 4.28. The molecule has 6 heteroatoms. The summed E-state index contributed by atoms with van der Waals surface area (Å²) in [6.07, 6.45) is 3.93. The molecule has 2 heterocycles. The number of likely N-dealkylation sites (N-methyl/N-ethyl adjacent to an activating group) is 1. The van der Waals surface area contributed by atoms with Crippen LogP contribution in [0.1, 0.15) is 12.6 Å². The van der Waals surface area contributed by atoms with Gasteiger partial charge in [0, 0.05) is 31.1 Å². The van der Waals surface area contributed by atoms with Crippen LogP contribution >= 0.6 is 0 Å². The quantitative estimate of drug-likeness (QED) is 0.693. The van der Waals surface area contributed by atoms with Gasteiger partial charge in [-0.15, -0.1) is 0 Å². The van der Waals surface area contributed by atoms with Crippen molar-refractivity contribution in [2.24, 2.45) is 4.99 Å². The zero-order valence-corrected chi connectivity index (χ0v) is 14.0. The number of piperazine rings is 1. The number of allylic oxidation sites excluding steroid dienone is 3. The van der Waals surface area contributed by atoms with Crippen molar-refractivity contribution in [3.63, 3.8) is 0 Å². The summed E-state index contributed by atoms with van der Waals surface area (Å²) in [5.41, 5.74) is 2.80. The van der Waals surface area contributed by atoms with Crippen LogP contribution in [0, 0.1) is 0 Å². The number of nitrogens with one attached hydrogen (secondary N) is 1. The van der Waals surface area contributed by atoms with Crippen molar-refractivity contribution < 1.29 is 4.79 Å². The van der Waals surface area contributed by atoms with Gasteiger partial charge in [-0.05, 0) is 25.8 Å². The lowest BCUT2D eigenvalue weighted by molar-refractivity contribution is -0.133. The van der Waals surface area contributed by atoms with Gasteiger partial charge in [-0.2, -0.15) is 5.10 Å². The highest BCUT2D eigenvalue weighted by molar-refractivity contribution is 5.92. The molecule has 0 atom stereocenters. The molecule has 1 saturated heterocycles. The predicted octanol–water partition coefficient (Wildman–Crippen LogP) is 2.28. The van der Waals surface area contributed by atoms with Gasteiger partial charge in [0.2, 0.25) is 5.91 Å². The average Bonchev–Trinajstić information content (AvgIpc) is 3.03. The normalized spacial score (nSPS) is 16.8. The minimum Gasteiger partial charge on any atom is -0.346 e. The Bertz CT molecular complexity index is 833. The van der Waals surface area contributed by atoms with Gasteiger partial charge in [-0.1, -0.05) is 24.3 Å². The van der Waals surface area contributed by atoms with E-state index in [9.17, 15) is 4.79 Å². The zero-order chi connectivity index (χ0) is 17.1. The van der Waals surface area contributed by atoms with Crippen LogP contribution in [-0.2, 0) is 4.79 Å². The molecule has 0 saturated carbocycles. The van der Waals surface area contributed by atoms with Crippen molar-refractivity contribution in [3.8, 4) is 0 Å². The molecule has 1 aliphatic rings. The fraction of sp³-hybridized carbons (Fsp3) is 0.278. The zero-order valence-electron chi connectivity index (χ0n) is 14.0. The molecule has 24 heavy (non-hydrogen) atoms. The van der Waals surface area contributed by atoms with Crippen molar-refractivity contribution in [2.75, 3.05) is 26.7 Å². The molecule has 1 N–H and O–H groups in total. The Morgan fingerprint density at radius 3 is 2.88 bits per heavy atom. The number of carbonyl (C=O) groups is 1. The van der Waals surface area contributed by atoms with Crippen LogP contribution in [0.25, 0.3) is 16.5 Å². The number of carbonyl (C=O) groups excluding carboxylic acids is 1. The molecule has 124 valence electrons. The number of hydrogen-bond acceptors (Lipinski definition) is 4. The minimum absolute atomic E-state index is 0.0862. The molecule has 1 aliphatic heterocycles. The molecule has 0 spiro atoms. The fourth-order valence-corrected chi connectivity index (χ4v) is 2.80. The lowest BCUT2D eigenvalue weighted by Crippen LogP contribution is -2.47. The summed E-state index contributed by atoms with van der Waals surface area (Å²) in [6, 6.07) is 7.99. The summed E-state index contributed by atoms with van der Waals surface area (Å²) in [5, 5.41) is 8.53. The van der Waals surface area contributed by atoms with Gasteiger partial charge >= 0.3 is 0 Å². The number of benzene rings is 1. The van der Waals surface area contributed by atoms with Gasteiger partial charge in [0.25, 0.3) is 0 Å². The number of H-pyrrole nitrogens is 1. The second-order valence-electron chi connectivity index (χ2n) is 5.76. The standard InChI is InChI=1S/C18H21N5O/c1-4-13(18-14-7-5-6-8-15(14)20-21-18)11-16(19-2)23-10-9-22(3)17(24)12-23/h4-8,11H,2,9-10,12H2,1,3H3,(H,20,21)/b13-4+,16-11+. The fourth-order valence-electron chi connectivity index (χ4n) is 2.80. The maximum atomic E-state index is 11.9. The predicted molar refractivity (Wildman–Crippen MR) is 96.6 cm³/mol. The van der Waals surface area contributed by atoms with Crippen LogP contribution in [-0.4, -0.2) is 59.3 Å². The van der Waals surface area contributed by atoms with Crippen molar-refractivity contribution in [1.82, 2.24) is 20.0 Å². The molecule has 3 rings (SSSR count). The van der Waals surface area contributed by atoms with E-state index in [-0.39, 0.29) is 5.91 Å². The van der Waals surface area contributed by atoms with Crippen molar-refractivity contribution in [3.05, 3.63) is 47.9 Å². The number of hydrogen-bond donors (Lipinski definition) is 1. The molecular formula is C18H21N5O. The molecule has 0 aliphatic carbocycles. The SMILES string of the molecule is C=N/C(=C\C(=C/C)c1n[nH]c2ccccc12)N1CCN(C)C(=O)C1. The van der Waals surface area contributed by atoms with Crippen LogP contribution in [0.4, 0.5) is 0 Å². The van der Waals surface area contributed by atoms with E-state index in [2.05, 4.69) is 21.9 Å². The van der Waals surface area contributed by atoms with E-state index in [1.807, 2.05) is 55.3 Å². The van der Waals surface area contributed by atoms with E-state index in [4.69, 9.17) is 0 Å². The van der Waals surface area contributed by atoms with E-state index in [1.165, 1.54) is 0 Å². The number of aliphatic imine (C=N–C) groups is 1. The lowest BCUT2D eigenvalue weighted by Gasteiger charge is -2.33. The van der Waals surface area contributed by atoms with E-state index in [0.29, 0.717) is 18.9 Å². The van der Waals surface area contributed by atoms with Gasteiger partial charge in [-0.25, -0.2) is 4.99 Å². The largest absolute Gasteiger partial charge is 0.346 e. The summed E-state index contributed by atoms with van der Waals surface area (Å²) in [4.78, 5) is 19.8. The number of aromatic nitrogens is 2. The van der Waals surface area contributed by atoms with Gasteiger partial charge in [0.1, 0.15) is 5.82 Å². The van der Waals surface area contributed by atoms with E-state index in [0.717, 1.165) is 28.7 Å². The summed E-state index contributed by atoms with van der Waals surface area (Å²) in [7, 11) is 1.82. The number of para-hydroxylation sites is 1. The maximum Gasteiger partial charge on any atom is 0.241 e. The number of amides is 1. The molecule has 1 fully saturated rings. The molecular weight excluding hydrogens is 302 g/mol. The molecule has 0 radical (unpaired) electrons. The average molecular weight is 323 g/mol. The van der Waals surface area contributed by atoms with Crippen LogP contribution in [0.15, 0.2) is 47.2 Å². The molecule has 6 nitrogen and oxygen atoms in total.